The molecule has 0 fully saturated rings. The molecule has 0 aliphatic carbocycles. The van der Waals surface area contributed by atoms with Crippen LogP contribution in [0.3, 0.4) is 0 Å². The van der Waals surface area contributed by atoms with Crippen molar-refractivity contribution in [1.29, 1.82) is 0 Å². The van der Waals surface area contributed by atoms with E-state index in [2.05, 4.69) is 0 Å². The number of aliphatic hydroxyl groups is 1. The number of ketones is 1. The van der Waals surface area contributed by atoms with Crippen molar-refractivity contribution in [2.75, 3.05) is 14.2 Å². The summed E-state index contributed by atoms with van der Waals surface area (Å²) in [7, 11) is 3.04. The van der Waals surface area contributed by atoms with Crippen LogP contribution in [-0.4, -0.2) is 31.2 Å². The molecule has 206 valence electrons. The summed E-state index contributed by atoms with van der Waals surface area (Å²) in [6.07, 6.45) is -3.21. The van der Waals surface area contributed by atoms with Crippen molar-refractivity contribution < 1.29 is 24.1 Å². The van der Waals surface area contributed by atoms with Crippen LogP contribution in [0.25, 0.3) is 11.1 Å². The van der Waals surface area contributed by atoms with E-state index in [9.17, 15) is 9.90 Å². The monoisotopic (exact) mass is 544 g/mol. The van der Waals surface area contributed by atoms with Gasteiger partial charge in [-0.15, -0.1) is 0 Å². The zero-order valence-corrected chi connectivity index (χ0v) is 23.0. The summed E-state index contributed by atoms with van der Waals surface area (Å²) in [6, 6.07) is 41.7. The maximum absolute atomic E-state index is 14.4. The van der Waals surface area contributed by atoms with Crippen LogP contribution < -0.4 is 9.47 Å². The average Bonchev–Trinajstić information content (AvgIpc) is 3.05. The van der Waals surface area contributed by atoms with Crippen LogP contribution in [0.15, 0.2) is 133 Å². The first kappa shape index (κ1) is 27.8. The van der Waals surface area contributed by atoms with Gasteiger partial charge in [0, 0.05) is 0 Å². The van der Waals surface area contributed by atoms with Gasteiger partial charge >= 0.3 is 0 Å². The second kappa shape index (κ2) is 13.1. The first-order valence-electron chi connectivity index (χ1n) is 13.4. The van der Waals surface area contributed by atoms with E-state index in [1.165, 1.54) is 14.2 Å². The first-order valence-corrected chi connectivity index (χ1v) is 13.4. The predicted octanol–water partition coefficient (Wildman–Crippen LogP) is 7.46. The van der Waals surface area contributed by atoms with E-state index in [1.807, 2.05) is 115 Å². The molecule has 5 aromatic carbocycles. The largest absolute Gasteiger partial charge is 0.497 e. The van der Waals surface area contributed by atoms with Gasteiger partial charge in [-0.3, -0.25) is 4.79 Å². The third kappa shape index (κ3) is 6.22. The summed E-state index contributed by atoms with van der Waals surface area (Å²) in [5, 5.41) is 12.1. The fraction of sp³-hybridized carbons (Fsp3) is 0.139. The zero-order valence-electron chi connectivity index (χ0n) is 23.0. The maximum atomic E-state index is 14.4. The number of hydrogen-bond donors (Lipinski definition) is 1. The van der Waals surface area contributed by atoms with E-state index in [-0.39, 0.29) is 5.56 Å². The summed E-state index contributed by atoms with van der Waals surface area (Å²) >= 11 is 0. The highest BCUT2D eigenvalue weighted by atomic mass is 16.5. The Balaban J connectivity index is 1.65. The molecule has 0 aromatic heterocycles. The number of benzene rings is 5. The van der Waals surface area contributed by atoms with Crippen molar-refractivity contribution in [2.45, 2.75) is 18.3 Å². The summed E-state index contributed by atoms with van der Waals surface area (Å²) < 4.78 is 17.7. The van der Waals surface area contributed by atoms with Crippen LogP contribution in [0.2, 0.25) is 0 Å². The van der Waals surface area contributed by atoms with Gasteiger partial charge in [0.05, 0.1) is 19.8 Å². The van der Waals surface area contributed by atoms with Crippen LogP contribution >= 0.6 is 0 Å². The minimum Gasteiger partial charge on any atom is -0.497 e. The molecular formula is C36H32O5. The van der Waals surface area contributed by atoms with Gasteiger partial charge in [0.1, 0.15) is 23.7 Å². The number of hydrogen-bond acceptors (Lipinski definition) is 5. The Morgan fingerprint density at radius 3 is 1.80 bits per heavy atom. The van der Waals surface area contributed by atoms with Crippen molar-refractivity contribution in [3.05, 3.63) is 156 Å². The fourth-order valence-corrected chi connectivity index (χ4v) is 4.99. The Kier molecular flexibility index (Phi) is 8.89. The van der Waals surface area contributed by atoms with Gasteiger partial charge in [0.2, 0.25) is 0 Å². The van der Waals surface area contributed by atoms with Crippen LogP contribution in [0.4, 0.5) is 0 Å². The molecule has 0 amide bonds. The summed E-state index contributed by atoms with van der Waals surface area (Å²) in [6.45, 7) is 0. The molecule has 0 unspecified atom stereocenters. The van der Waals surface area contributed by atoms with E-state index in [4.69, 9.17) is 14.2 Å². The van der Waals surface area contributed by atoms with Crippen LogP contribution in [-0.2, 0) is 4.74 Å². The lowest BCUT2D eigenvalue weighted by Gasteiger charge is -2.30. The Labute approximate surface area is 240 Å². The number of ether oxygens (including phenoxy) is 3. The number of carbonyl (C=O) groups excluding carboxylic acids is 1. The van der Waals surface area contributed by atoms with E-state index in [1.54, 1.807) is 18.2 Å². The van der Waals surface area contributed by atoms with Gasteiger partial charge in [-0.1, -0.05) is 115 Å². The van der Waals surface area contributed by atoms with E-state index >= 15 is 0 Å². The van der Waals surface area contributed by atoms with Gasteiger partial charge in [0.25, 0.3) is 0 Å². The van der Waals surface area contributed by atoms with Crippen molar-refractivity contribution in [3.8, 4) is 22.6 Å². The SMILES string of the molecule is COc1ccc(OC)c(C(=O)[C@@H](OC(c2ccccc2)c2ccccc2)[C@H](O)c2ccccc2-c2ccccc2)c1. The number of Topliss-reactive ketones (excluding diaryl/α,β-unsaturated/α-hetero) is 1. The Bertz CT molecular complexity index is 1530. The molecule has 0 aliphatic rings. The van der Waals surface area contributed by atoms with Crippen LogP contribution in [0.5, 0.6) is 11.5 Å². The normalized spacial score (nSPS) is 12.5. The number of aliphatic hydroxyl groups excluding tert-OH is 1. The molecule has 0 spiro atoms. The summed E-state index contributed by atoms with van der Waals surface area (Å²) in [5.41, 5.74) is 4.30. The molecule has 5 nitrogen and oxygen atoms in total. The molecular weight excluding hydrogens is 512 g/mol. The lowest BCUT2D eigenvalue weighted by atomic mass is 9.90. The van der Waals surface area contributed by atoms with E-state index < -0.39 is 24.1 Å². The van der Waals surface area contributed by atoms with Crippen LogP contribution in [0.1, 0.15) is 39.3 Å². The van der Waals surface area contributed by atoms with Gasteiger partial charge in [-0.05, 0) is 46.0 Å². The molecule has 2 atom stereocenters. The third-order valence-electron chi connectivity index (χ3n) is 7.07. The molecule has 1 N–H and O–H groups in total. The molecule has 5 aromatic rings. The highest BCUT2D eigenvalue weighted by Crippen LogP contribution is 2.37. The quantitative estimate of drug-likeness (QED) is 0.175. The molecule has 0 radical (unpaired) electrons. The molecule has 41 heavy (non-hydrogen) atoms. The molecule has 5 rings (SSSR count). The molecule has 5 heteroatoms. The fourth-order valence-electron chi connectivity index (χ4n) is 4.99. The Morgan fingerprint density at radius 1 is 0.659 bits per heavy atom. The van der Waals surface area contributed by atoms with Gasteiger partial charge in [-0.25, -0.2) is 0 Å². The minimum atomic E-state index is -1.30. The van der Waals surface area contributed by atoms with Crippen molar-refractivity contribution in [1.82, 2.24) is 0 Å². The smallest absolute Gasteiger partial charge is 0.198 e. The third-order valence-corrected chi connectivity index (χ3v) is 7.07. The van der Waals surface area contributed by atoms with Gasteiger partial charge < -0.3 is 19.3 Å². The highest BCUT2D eigenvalue weighted by molar-refractivity contribution is 6.03. The van der Waals surface area contributed by atoms with Crippen molar-refractivity contribution >= 4 is 5.78 Å². The molecule has 0 heterocycles. The van der Waals surface area contributed by atoms with Gasteiger partial charge in [0.15, 0.2) is 11.9 Å². The lowest BCUT2D eigenvalue weighted by Crippen LogP contribution is -2.33. The zero-order chi connectivity index (χ0) is 28.6. The highest BCUT2D eigenvalue weighted by Gasteiger charge is 2.36. The van der Waals surface area contributed by atoms with E-state index in [0.717, 1.165) is 22.3 Å². The average molecular weight is 545 g/mol. The minimum absolute atomic E-state index is 0.257. The number of carbonyl (C=O) groups is 1. The molecule has 0 saturated carbocycles. The van der Waals surface area contributed by atoms with Gasteiger partial charge in [-0.2, -0.15) is 0 Å². The standard InChI is InChI=1S/C36H32O5/c1-39-28-22-23-32(40-2)31(24-28)34(38)36(33(37)30-21-13-12-20-29(30)25-14-6-3-7-15-25)41-35(26-16-8-4-9-17-26)27-18-10-5-11-19-27/h3-24,33,35-37H,1-2H3/t33-,36+/m1/s1. The summed E-state index contributed by atoms with van der Waals surface area (Å²) in [4.78, 5) is 14.4. The molecule has 0 aliphatic heterocycles. The summed E-state index contributed by atoms with van der Waals surface area (Å²) in [5.74, 6) is 0.437. The van der Waals surface area contributed by atoms with Crippen molar-refractivity contribution in [3.63, 3.8) is 0 Å². The van der Waals surface area contributed by atoms with Crippen molar-refractivity contribution in [2.24, 2.45) is 0 Å². The van der Waals surface area contributed by atoms with E-state index in [0.29, 0.717) is 17.1 Å². The predicted molar refractivity (Wildman–Crippen MR) is 160 cm³/mol. The number of methoxy groups -OCH3 is 2. The second-order valence-electron chi connectivity index (χ2n) is 9.59. The Hall–Kier alpha value is -4.71. The number of rotatable bonds is 11. The van der Waals surface area contributed by atoms with Crippen LogP contribution in [0, 0.1) is 0 Å². The Morgan fingerprint density at radius 2 is 1.22 bits per heavy atom. The first-order chi connectivity index (χ1) is 20.1. The molecule has 0 bridgehead atoms. The lowest BCUT2D eigenvalue weighted by molar-refractivity contribution is -0.0488. The molecule has 0 saturated heterocycles. The second-order valence-corrected chi connectivity index (χ2v) is 9.59. The topological polar surface area (TPSA) is 65.0 Å². The maximum Gasteiger partial charge on any atom is 0.198 e.